The van der Waals surface area contributed by atoms with Crippen LogP contribution in [0, 0.1) is 36.1 Å². The second-order valence-electron chi connectivity index (χ2n) is 6.69. The molecule has 1 aliphatic rings. The maximum absolute atomic E-state index is 14.6. The molecule has 1 heterocycles. The molecule has 3 aromatic rings. The van der Waals surface area contributed by atoms with Gasteiger partial charge in [-0.3, -0.25) is 0 Å². The molecule has 1 saturated carbocycles. The average Bonchev–Trinajstić information content (AvgIpc) is 3.38. The van der Waals surface area contributed by atoms with E-state index >= 15 is 0 Å². The summed E-state index contributed by atoms with van der Waals surface area (Å²) in [6, 6.07) is 8.63. The van der Waals surface area contributed by atoms with Gasteiger partial charge < -0.3 is 4.74 Å². The third-order valence-corrected chi connectivity index (χ3v) is 5.63. The van der Waals surface area contributed by atoms with E-state index < -0.39 is 23.3 Å². The van der Waals surface area contributed by atoms with Gasteiger partial charge in [0.2, 0.25) is 5.82 Å². The van der Waals surface area contributed by atoms with Crippen LogP contribution in [0.25, 0.3) is 21.6 Å². The van der Waals surface area contributed by atoms with Crippen LogP contribution in [0.5, 0.6) is 5.75 Å². The van der Waals surface area contributed by atoms with Crippen molar-refractivity contribution in [3.8, 4) is 27.3 Å². The average molecular weight is 392 g/mol. The summed E-state index contributed by atoms with van der Waals surface area (Å²) in [4.78, 5) is 1.54. The molecule has 0 spiro atoms. The Balaban J connectivity index is 1.70. The standard InChI is InChI=1S/C21H16F4OS/c1-11-2-9-17(27-11)15-6-5-13(18(22)20(15)24)14-7-8-16(21(25)19(14)23)26-10-12-3-4-12/h2,5-9,12H,3-4,10H2,1H3. The Kier molecular flexibility index (Phi) is 4.68. The summed E-state index contributed by atoms with van der Waals surface area (Å²) in [5.41, 5.74) is -0.564. The summed E-state index contributed by atoms with van der Waals surface area (Å²) >= 11 is 1.33. The molecule has 0 aliphatic heterocycles. The molecule has 1 nitrogen and oxygen atoms in total. The van der Waals surface area contributed by atoms with Crippen LogP contribution in [-0.2, 0) is 0 Å². The summed E-state index contributed by atoms with van der Waals surface area (Å²) in [6.07, 6.45) is 2.03. The number of hydrogen-bond donors (Lipinski definition) is 0. The fraction of sp³-hybridized carbons (Fsp3) is 0.238. The second kappa shape index (κ2) is 7.00. The molecule has 6 heteroatoms. The van der Waals surface area contributed by atoms with Crippen LogP contribution >= 0.6 is 11.3 Å². The van der Waals surface area contributed by atoms with Crippen LogP contribution in [0.15, 0.2) is 36.4 Å². The van der Waals surface area contributed by atoms with Crippen molar-refractivity contribution in [1.29, 1.82) is 0 Å². The zero-order valence-electron chi connectivity index (χ0n) is 14.5. The molecule has 27 heavy (non-hydrogen) atoms. The van der Waals surface area contributed by atoms with Gasteiger partial charge in [-0.1, -0.05) is 6.07 Å². The summed E-state index contributed by atoms with van der Waals surface area (Å²) in [5, 5.41) is 0. The predicted molar refractivity (Wildman–Crippen MR) is 98.0 cm³/mol. The summed E-state index contributed by atoms with van der Waals surface area (Å²) in [7, 11) is 0. The molecule has 0 atom stereocenters. The molecule has 0 saturated heterocycles. The topological polar surface area (TPSA) is 9.23 Å². The molecule has 4 rings (SSSR count). The molecule has 0 N–H and O–H groups in total. The van der Waals surface area contributed by atoms with Crippen molar-refractivity contribution in [3.63, 3.8) is 0 Å². The predicted octanol–water partition coefficient (Wildman–Crippen LogP) is 6.74. The first-order valence-corrected chi connectivity index (χ1v) is 9.43. The highest BCUT2D eigenvalue weighted by atomic mass is 32.1. The van der Waals surface area contributed by atoms with Gasteiger partial charge in [-0.15, -0.1) is 11.3 Å². The van der Waals surface area contributed by atoms with E-state index in [-0.39, 0.29) is 22.4 Å². The Bertz CT molecular complexity index is 1010. The lowest BCUT2D eigenvalue weighted by Crippen LogP contribution is -2.03. The van der Waals surface area contributed by atoms with Crippen molar-refractivity contribution in [1.82, 2.24) is 0 Å². The number of aryl methyl sites for hydroxylation is 1. The molecule has 140 valence electrons. The quantitative estimate of drug-likeness (QED) is 0.437. The van der Waals surface area contributed by atoms with Gasteiger partial charge in [0.25, 0.3) is 0 Å². The normalized spacial score (nSPS) is 13.8. The molecular weight excluding hydrogens is 376 g/mol. The van der Waals surface area contributed by atoms with Crippen LogP contribution in [-0.4, -0.2) is 6.61 Å². The minimum atomic E-state index is -1.25. The van der Waals surface area contributed by atoms with Crippen LogP contribution in [0.3, 0.4) is 0 Å². The van der Waals surface area contributed by atoms with Crippen molar-refractivity contribution in [2.24, 2.45) is 5.92 Å². The van der Waals surface area contributed by atoms with E-state index in [1.165, 1.54) is 35.6 Å². The van der Waals surface area contributed by atoms with Gasteiger partial charge in [-0.25, -0.2) is 13.2 Å². The van der Waals surface area contributed by atoms with E-state index in [4.69, 9.17) is 4.74 Å². The zero-order chi connectivity index (χ0) is 19.1. The van der Waals surface area contributed by atoms with E-state index in [0.717, 1.165) is 17.7 Å². The van der Waals surface area contributed by atoms with Gasteiger partial charge in [0.15, 0.2) is 23.2 Å². The first-order chi connectivity index (χ1) is 13.0. The first kappa shape index (κ1) is 18.0. The van der Waals surface area contributed by atoms with Crippen LogP contribution in [0.2, 0.25) is 0 Å². The number of rotatable bonds is 5. The summed E-state index contributed by atoms with van der Waals surface area (Å²) in [5.74, 6) is -4.55. The highest BCUT2D eigenvalue weighted by molar-refractivity contribution is 7.15. The first-order valence-electron chi connectivity index (χ1n) is 8.61. The monoisotopic (exact) mass is 392 g/mol. The van der Waals surface area contributed by atoms with Crippen molar-refractivity contribution in [2.45, 2.75) is 19.8 Å². The number of thiophene rings is 1. The number of halogens is 4. The Morgan fingerprint density at radius 2 is 1.41 bits per heavy atom. The molecule has 0 amide bonds. The van der Waals surface area contributed by atoms with Crippen molar-refractivity contribution < 1.29 is 22.3 Å². The zero-order valence-corrected chi connectivity index (χ0v) is 15.3. The lowest BCUT2D eigenvalue weighted by molar-refractivity contribution is 0.280. The molecule has 2 aromatic carbocycles. The highest BCUT2D eigenvalue weighted by Crippen LogP contribution is 2.37. The van der Waals surface area contributed by atoms with E-state index in [1.807, 2.05) is 6.92 Å². The summed E-state index contributed by atoms with van der Waals surface area (Å²) < 4.78 is 63.2. The van der Waals surface area contributed by atoms with Crippen molar-refractivity contribution in [2.75, 3.05) is 6.61 Å². The fourth-order valence-electron chi connectivity index (χ4n) is 2.87. The van der Waals surface area contributed by atoms with Gasteiger partial charge in [0.1, 0.15) is 0 Å². The smallest absolute Gasteiger partial charge is 0.201 e. The molecule has 0 bridgehead atoms. The Morgan fingerprint density at radius 3 is 2.04 bits per heavy atom. The van der Waals surface area contributed by atoms with E-state index in [9.17, 15) is 17.6 Å². The lowest BCUT2D eigenvalue weighted by atomic mass is 10.0. The lowest BCUT2D eigenvalue weighted by Gasteiger charge is -2.12. The molecule has 1 aliphatic carbocycles. The largest absolute Gasteiger partial charge is 0.490 e. The SMILES string of the molecule is Cc1ccc(-c2ccc(-c3ccc(OCC4CC4)c(F)c3F)c(F)c2F)s1. The molecule has 0 radical (unpaired) electrons. The third-order valence-electron chi connectivity index (χ3n) is 4.60. The van der Waals surface area contributed by atoms with Crippen molar-refractivity contribution >= 4 is 11.3 Å². The van der Waals surface area contributed by atoms with Crippen LogP contribution in [0.1, 0.15) is 17.7 Å². The number of hydrogen-bond acceptors (Lipinski definition) is 2. The minimum Gasteiger partial charge on any atom is -0.490 e. The summed E-state index contributed by atoms with van der Waals surface area (Å²) in [6.45, 7) is 2.19. The van der Waals surface area contributed by atoms with Gasteiger partial charge >= 0.3 is 0 Å². The third kappa shape index (κ3) is 3.46. The number of ether oxygens (including phenoxy) is 1. The Morgan fingerprint density at radius 1 is 0.815 bits per heavy atom. The maximum Gasteiger partial charge on any atom is 0.201 e. The maximum atomic E-state index is 14.6. The Hall–Kier alpha value is -2.34. The molecule has 1 aromatic heterocycles. The van der Waals surface area contributed by atoms with Gasteiger partial charge in [0.05, 0.1) is 6.61 Å². The Labute approximate surface area is 158 Å². The number of benzene rings is 2. The minimum absolute atomic E-state index is 0.0969. The van der Waals surface area contributed by atoms with Crippen LogP contribution in [0.4, 0.5) is 17.6 Å². The molecule has 0 unspecified atom stereocenters. The van der Waals surface area contributed by atoms with Crippen molar-refractivity contribution in [3.05, 3.63) is 64.5 Å². The van der Waals surface area contributed by atoms with Gasteiger partial charge in [-0.05, 0) is 56.0 Å². The van der Waals surface area contributed by atoms with Gasteiger partial charge in [0, 0.05) is 26.4 Å². The molecular formula is C21H16F4OS. The second-order valence-corrected chi connectivity index (χ2v) is 7.98. The van der Waals surface area contributed by atoms with Crippen LogP contribution < -0.4 is 4.74 Å². The fourth-order valence-corrected chi connectivity index (χ4v) is 3.76. The van der Waals surface area contributed by atoms with Gasteiger partial charge in [-0.2, -0.15) is 4.39 Å². The van der Waals surface area contributed by atoms with E-state index in [2.05, 4.69) is 0 Å². The van der Waals surface area contributed by atoms with E-state index in [1.54, 1.807) is 12.1 Å². The molecule has 1 fully saturated rings. The van der Waals surface area contributed by atoms with E-state index in [0.29, 0.717) is 17.4 Å². The highest BCUT2D eigenvalue weighted by Gasteiger charge is 2.25.